The van der Waals surface area contributed by atoms with Crippen LogP contribution < -0.4 is 11.1 Å². The molecule has 1 saturated heterocycles. The number of nitrogens with zero attached hydrogens (tertiary/aromatic N) is 4. The topological polar surface area (TPSA) is 148 Å². The molecule has 0 spiro atoms. The van der Waals surface area contributed by atoms with Crippen LogP contribution in [-0.2, 0) is 9.53 Å². The second-order valence-electron chi connectivity index (χ2n) is 8.29. The Balaban J connectivity index is 1.65. The molecule has 2 fully saturated rings. The van der Waals surface area contributed by atoms with Crippen molar-refractivity contribution in [3.8, 4) is 11.8 Å². The number of ether oxygens (including phenoxy) is 1. The third-order valence-electron chi connectivity index (χ3n) is 6.11. The van der Waals surface area contributed by atoms with E-state index in [1.807, 2.05) is 13.8 Å². The zero-order valence-corrected chi connectivity index (χ0v) is 17.7. The average Bonchev–Trinajstić information content (AvgIpc) is 3.33. The van der Waals surface area contributed by atoms with Gasteiger partial charge >= 0.3 is 0 Å². The maximum atomic E-state index is 12.1. The zero-order valence-electron chi connectivity index (χ0n) is 17.7. The molecule has 2 aromatic rings. The fraction of sp³-hybridized carbons (Fsp3) is 0.619. The maximum absolute atomic E-state index is 12.1. The highest BCUT2D eigenvalue weighted by Gasteiger charge is 2.40. The number of imidazole rings is 1. The molecule has 0 aromatic carbocycles. The summed E-state index contributed by atoms with van der Waals surface area (Å²) in [6.07, 6.45) is 2.64. The summed E-state index contributed by atoms with van der Waals surface area (Å²) in [5.74, 6) is 5.90. The van der Waals surface area contributed by atoms with E-state index in [-0.39, 0.29) is 29.9 Å². The third-order valence-corrected chi connectivity index (χ3v) is 6.11. The molecule has 5 atom stereocenters. The predicted molar refractivity (Wildman–Crippen MR) is 112 cm³/mol. The lowest BCUT2D eigenvalue weighted by Gasteiger charge is -2.33. The monoisotopic (exact) mass is 428 g/mol. The summed E-state index contributed by atoms with van der Waals surface area (Å²) in [5.41, 5.74) is 5.69. The maximum Gasteiger partial charge on any atom is 0.249 e. The molecule has 1 aliphatic carbocycles. The molecule has 0 radical (unpaired) electrons. The summed E-state index contributed by atoms with van der Waals surface area (Å²) in [6, 6.07) is 0. The van der Waals surface area contributed by atoms with Crippen molar-refractivity contribution in [2.24, 2.45) is 5.92 Å². The van der Waals surface area contributed by atoms with Crippen LogP contribution in [0.5, 0.6) is 0 Å². The first-order valence-electron chi connectivity index (χ1n) is 10.7. The molecule has 0 bridgehead atoms. The quantitative estimate of drug-likeness (QED) is 0.516. The van der Waals surface area contributed by atoms with Crippen LogP contribution in [0.4, 0.5) is 5.82 Å². The van der Waals surface area contributed by atoms with Crippen molar-refractivity contribution in [2.75, 3.05) is 12.3 Å². The second kappa shape index (κ2) is 8.42. The van der Waals surface area contributed by atoms with Crippen LogP contribution in [0.3, 0.4) is 0 Å². The van der Waals surface area contributed by atoms with E-state index in [1.54, 1.807) is 4.57 Å². The van der Waals surface area contributed by atoms with Crippen molar-refractivity contribution < 1.29 is 19.7 Å². The van der Waals surface area contributed by atoms with E-state index in [0.717, 1.165) is 19.3 Å². The molecule has 2 aliphatic rings. The molecular weight excluding hydrogens is 400 g/mol. The number of nitrogen functional groups attached to an aromatic ring is 1. The van der Waals surface area contributed by atoms with E-state index in [1.165, 1.54) is 6.33 Å². The lowest BCUT2D eigenvalue weighted by atomic mass is 9.77. The van der Waals surface area contributed by atoms with Crippen molar-refractivity contribution in [2.45, 2.75) is 70.0 Å². The van der Waals surface area contributed by atoms with E-state index < -0.39 is 24.0 Å². The molecule has 1 amide bonds. The van der Waals surface area contributed by atoms with Crippen LogP contribution in [0.25, 0.3) is 11.2 Å². The third kappa shape index (κ3) is 4.08. The van der Waals surface area contributed by atoms with Gasteiger partial charge in [-0.05, 0) is 38.0 Å². The number of rotatable bonds is 3. The molecule has 3 heterocycles. The number of likely N-dealkylation sites (N-methyl/N-ethyl adjacent to an activating group) is 1. The molecule has 10 heteroatoms. The highest BCUT2D eigenvalue weighted by atomic mass is 16.5. The van der Waals surface area contributed by atoms with E-state index >= 15 is 0 Å². The smallest absolute Gasteiger partial charge is 0.249 e. The van der Waals surface area contributed by atoms with E-state index in [9.17, 15) is 15.0 Å². The average molecular weight is 428 g/mol. The molecule has 4 rings (SSSR count). The summed E-state index contributed by atoms with van der Waals surface area (Å²) < 4.78 is 7.33. The van der Waals surface area contributed by atoms with E-state index in [2.05, 4.69) is 32.1 Å². The number of hydrogen-bond donors (Lipinski definition) is 4. The lowest BCUT2D eigenvalue weighted by molar-refractivity contribution is -0.134. The molecule has 1 saturated carbocycles. The van der Waals surface area contributed by atoms with Crippen LogP contribution in [0, 0.1) is 17.8 Å². The van der Waals surface area contributed by atoms with Gasteiger partial charge in [0, 0.05) is 13.0 Å². The minimum Gasteiger partial charge on any atom is -0.388 e. The highest BCUT2D eigenvalue weighted by molar-refractivity contribution is 5.82. The van der Waals surface area contributed by atoms with Crippen LogP contribution in [0.15, 0.2) is 6.33 Å². The van der Waals surface area contributed by atoms with Crippen molar-refractivity contribution in [1.29, 1.82) is 0 Å². The number of aliphatic hydroxyl groups is 2. The number of anilines is 1. The second-order valence-corrected chi connectivity index (χ2v) is 8.29. The summed E-state index contributed by atoms with van der Waals surface area (Å²) in [5, 5.41) is 24.1. The predicted octanol–water partition coefficient (Wildman–Crippen LogP) is 0.486. The summed E-state index contributed by atoms with van der Waals surface area (Å²) >= 11 is 0. The molecule has 2 unspecified atom stereocenters. The Morgan fingerprint density at radius 3 is 3.00 bits per heavy atom. The minimum atomic E-state index is -1.07. The van der Waals surface area contributed by atoms with Gasteiger partial charge in [-0.1, -0.05) is 19.3 Å². The summed E-state index contributed by atoms with van der Waals surface area (Å²) in [4.78, 5) is 25.0. The molecule has 2 aromatic heterocycles. The van der Waals surface area contributed by atoms with Crippen LogP contribution in [0.1, 0.15) is 58.0 Å². The fourth-order valence-corrected chi connectivity index (χ4v) is 4.22. The number of carbonyl (C=O) groups is 1. The van der Waals surface area contributed by atoms with Crippen LogP contribution in [-0.4, -0.2) is 60.0 Å². The standard InChI is InChI=1S/C21H28N6O4/c1-3-23-19(29)14-10-13(28)20(31-14)27-11-24-16-17(22)25-15(26-18(16)27)7-9-21(30)8-5-4-6-12(21)2/h11-14,20,28,30H,3-6,8,10H2,1-2H3,(H,23,29)(H2,22,25,26)/t12?,13-,14-,20+,21?/m0/s1. The van der Waals surface area contributed by atoms with Crippen molar-refractivity contribution in [1.82, 2.24) is 24.8 Å². The van der Waals surface area contributed by atoms with Crippen molar-refractivity contribution >= 4 is 22.9 Å². The van der Waals surface area contributed by atoms with Gasteiger partial charge in [0.05, 0.1) is 6.33 Å². The zero-order chi connectivity index (χ0) is 22.2. The Morgan fingerprint density at radius 1 is 1.45 bits per heavy atom. The number of hydrogen-bond acceptors (Lipinski definition) is 8. The molecule has 10 nitrogen and oxygen atoms in total. The minimum absolute atomic E-state index is 0.0635. The van der Waals surface area contributed by atoms with Gasteiger partial charge in [0.25, 0.3) is 0 Å². The number of carbonyl (C=O) groups excluding carboxylic acids is 1. The van der Waals surface area contributed by atoms with Gasteiger partial charge in [0.2, 0.25) is 11.7 Å². The van der Waals surface area contributed by atoms with E-state index in [0.29, 0.717) is 24.1 Å². The Morgan fingerprint density at radius 2 is 2.26 bits per heavy atom. The van der Waals surface area contributed by atoms with Gasteiger partial charge in [-0.15, -0.1) is 0 Å². The molecular formula is C21H28N6O4. The number of nitrogens with two attached hydrogens (primary N) is 1. The van der Waals surface area contributed by atoms with Crippen LogP contribution in [0.2, 0.25) is 0 Å². The first kappa shape index (κ1) is 21.5. The Labute approximate surface area is 180 Å². The number of fused-ring (bicyclic) bond motifs is 1. The van der Waals surface area contributed by atoms with Crippen LogP contribution >= 0.6 is 0 Å². The van der Waals surface area contributed by atoms with Gasteiger partial charge in [-0.2, -0.15) is 0 Å². The Bertz CT molecular complexity index is 1040. The number of aliphatic hydroxyl groups excluding tert-OH is 1. The largest absolute Gasteiger partial charge is 0.388 e. The molecule has 166 valence electrons. The molecule has 31 heavy (non-hydrogen) atoms. The first-order chi connectivity index (χ1) is 14.8. The van der Waals surface area contributed by atoms with Crippen molar-refractivity contribution in [3.05, 3.63) is 12.2 Å². The summed E-state index contributed by atoms with van der Waals surface area (Å²) in [7, 11) is 0. The number of aromatic nitrogens is 4. The van der Waals surface area contributed by atoms with E-state index in [4.69, 9.17) is 10.5 Å². The Hall–Kier alpha value is -2.74. The molecule has 1 aliphatic heterocycles. The number of nitrogens with one attached hydrogen (secondary N) is 1. The normalized spacial score (nSPS) is 30.7. The Kier molecular flexibility index (Phi) is 5.83. The number of amides is 1. The van der Waals surface area contributed by atoms with Gasteiger partial charge in [0.1, 0.15) is 23.3 Å². The van der Waals surface area contributed by atoms with Crippen molar-refractivity contribution in [3.63, 3.8) is 0 Å². The SMILES string of the molecule is CCNC(=O)[C@@H]1C[C@H](O)[C@H](n2cnc3c(N)nc(C#CC4(O)CCCCC4C)nc32)O1. The lowest BCUT2D eigenvalue weighted by Crippen LogP contribution is -2.37. The first-order valence-corrected chi connectivity index (χ1v) is 10.7. The fourth-order valence-electron chi connectivity index (χ4n) is 4.22. The van der Waals surface area contributed by atoms with Gasteiger partial charge in [-0.25, -0.2) is 15.0 Å². The van der Waals surface area contributed by atoms with Gasteiger partial charge < -0.3 is 26.0 Å². The highest BCUT2D eigenvalue weighted by Crippen LogP contribution is 2.33. The van der Waals surface area contributed by atoms with Gasteiger partial charge in [-0.3, -0.25) is 9.36 Å². The van der Waals surface area contributed by atoms with Gasteiger partial charge in [0.15, 0.2) is 17.7 Å². The summed E-state index contributed by atoms with van der Waals surface area (Å²) in [6.45, 7) is 4.28. The molecule has 5 N–H and O–H groups in total.